The smallest absolute Gasteiger partial charge is 0.408 e. The number of hydrogen-bond donors (Lipinski definition) is 1. The van der Waals surface area contributed by atoms with Crippen molar-refractivity contribution in [3.63, 3.8) is 0 Å². The molecule has 2 amide bonds. The standard InChI is InChI=1S/C16H24N2O4/c1-16(2,3)22-15(20)17-13(14(19)18(4)21-5)11-12-9-7-6-8-10-12/h6-10,13H,11H2,1-5H3,(H,17,20). The van der Waals surface area contributed by atoms with E-state index in [1.165, 1.54) is 14.2 Å². The fourth-order valence-electron chi connectivity index (χ4n) is 1.81. The van der Waals surface area contributed by atoms with Crippen LogP contribution in [0.2, 0.25) is 0 Å². The van der Waals surface area contributed by atoms with Gasteiger partial charge in [-0.05, 0) is 26.3 Å². The van der Waals surface area contributed by atoms with E-state index in [0.29, 0.717) is 6.42 Å². The molecule has 0 aromatic heterocycles. The van der Waals surface area contributed by atoms with Crippen molar-refractivity contribution < 1.29 is 19.2 Å². The Morgan fingerprint density at radius 2 is 1.82 bits per heavy atom. The van der Waals surface area contributed by atoms with E-state index in [0.717, 1.165) is 10.6 Å². The molecule has 6 heteroatoms. The van der Waals surface area contributed by atoms with Crippen molar-refractivity contribution in [1.82, 2.24) is 10.4 Å². The third-order valence-electron chi connectivity index (χ3n) is 2.86. The molecule has 0 bridgehead atoms. The fourth-order valence-corrected chi connectivity index (χ4v) is 1.81. The van der Waals surface area contributed by atoms with E-state index in [4.69, 9.17) is 9.57 Å². The molecule has 0 fully saturated rings. The van der Waals surface area contributed by atoms with E-state index in [1.807, 2.05) is 30.3 Å². The first-order valence-electron chi connectivity index (χ1n) is 7.08. The number of likely N-dealkylation sites (N-methyl/N-ethyl adjacent to an activating group) is 1. The summed E-state index contributed by atoms with van der Waals surface area (Å²) in [5.41, 5.74) is 0.304. The van der Waals surface area contributed by atoms with Crippen LogP contribution in [0.25, 0.3) is 0 Å². The Labute approximate surface area is 131 Å². The number of amides is 2. The van der Waals surface area contributed by atoms with E-state index >= 15 is 0 Å². The first kappa shape index (κ1) is 18.0. The molecule has 1 aromatic rings. The van der Waals surface area contributed by atoms with Gasteiger partial charge in [-0.1, -0.05) is 30.3 Å². The van der Waals surface area contributed by atoms with Gasteiger partial charge in [-0.2, -0.15) is 0 Å². The van der Waals surface area contributed by atoms with Gasteiger partial charge in [-0.25, -0.2) is 9.86 Å². The van der Waals surface area contributed by atoms with Crippen LogP contribution in [0.5, 0.6) is 0 Å². The van der Waals surface area contributed by atoms with Crippen molar-refractivity contribution in [2.24, 2.45) is 0 Å². The Kier molecular flexibility index (Phi) is 6.37. The largest absolute Gasteiger partial charge is 0.444 e. The van der Waals surface area contributed by atoms with Gasteiger partial charge in [-0.15, -0.1) is 0 Å². The number of carbonyl (C=O) groups is 2. The molecule has 0 radical (unpaired) electrons. The maximum Gasteiger partial charge on any atom is 0.408 e. The Balaban J connectivity index is 2.82. The molecular weight excluding hydrogens is 284 g/mol. The van der Waals surface area contributed by atoms with E-state index in [-0.39, 0.29) is 5.91 Å². The van der Waals surface area contributed by atoms with Gasteiger partial charge in [0.1, 0.15) is 11.6 Å². The summed E-state index contributed by atoms with van der Waals surface area (Å²) in [5.74, 6) is -0.350. The van der Waals surface area contributed by atoms with Crippen LogP contribution >= 0.6 is 0 Å². The monoisotopic (exact) mass is 308 g/mol. The van der Waals surface area contributed by atoms with Crippen LogP contribution in [0.3, 0.4) is 0 Å². The zero-order valence-electron chi connectivity index (χ0n) is 13.8. The van der Waals surface area contributed by atoms with Crippen LogP contribution in [0.4, 0.5) is 4.79 Å². The maximum atomic E-state index is 12.3. The summed E-state index contributed by atoms with van der Waals surface area (Å²) in [6, 6.07) is 8.67. The predicted molar refractivity (Wildman–Crippen MR) is 83.1 cm³/mol. The molecule has 0 saturated carbocycles. The van der Waals surface area contributed by atoms with Crippen molar-refractivity contribution in [2.45, 2.75) is 38.8 Å². The summed E-state index contributed by atoms with van der Waals surface area (Å²) >= 11 is 0. The molecule has 0 saturated heterocycles. The number of nitrogens with one attached hydrogen (secondary N) is 1. The third-order valence-corrected chi connectivity index (χ3v) is 2.86. The topological polar surface area (TPSA) is 67.9 Å². The third kappa shape index (κ3) is 6.13. The molecule has 0 aliphatic carbocycles. The van der Waals surface area contributed by atoms with Gasteiger partial charge < -0.3 is 10.1 Å². The fraction of sp³-hybridized carbons (Fsp3) is 0.500. The van der Waals surface area contributed by atoms with E-state index < -0.39 is 17.7 Å². The molecule has 122 valence electrons. The minimum absolute atomic E-state index is 0.350. The van der Waals surface area contributed by atoms with Crippen LogP contribution in [0, 0.1) is 0 Å². The Hall–Kier alpha value is -2.08. The summed E-state index contributed by atoms with van der Waals surface area (Å²) in [6.45, 7) is 5.30. The van der Waals surface area contributed by atoms with Crippen molar-refractivity contribution in [3.05, 3.63) is 35.9 Å². The van der Waals surface area contributed by atoms with Crippen molar-refractivity contribution in [1.29, 1.82) is 0 Å². The highest BCUT2D eigenvalue weighted by molar-refractivity contribution is 5.85. The summed E-state index contributed by atoms with van der Waals surface area (Å²) < 4.78 is 5.21. The van der Waals surface area contributed by atoms with Crippen LogP contribution in [-0.2, 0) is 20.8 Å². The number of benzene rings is 1. The van der Waals surface area contributed by atoms with Crippen LogP contribution in [0.1, 0.15) is 26.3 Å². The number of alkyl carbamates (subject to hydrolysis) is 1. The second-order valence-electron chi connectivity index (χ2n) is 5.91. The highest BCUT2D eigenvalue weighted by atomic mass is 16.7. The number of hydroxylamine groups is 2. The molecule has 0 aliphatic heterocycles. The highest BCUT2D eigenvalue weighted by Gasteiger charge is 2.27. The van der Waals surface area contributed by atoms with Crippen LogP contribution in [0.15, 0.2) is 30.3 Å². The summed E-state index contributed by atoms with van der Waals surface area (Å²) in [6.07, 6.45) is -0.279. The molecule has 1 N–H and O–H groups in total. The lowest BCUT2D eigenvalue weighted by atomic mass is 10.1. The lowest BCUT2D eigenvalue weighted by molar-refractivity contribution is -0.171. The Bertz CT molecular complexity index is 497. The maximum absolute atomic E-state index is 12.3. The Morgan fingerprint density at radius 1 is 1.23 bits per heavy atom. The van der Waals surface area contributed by atoms with Crippen molar-refractivity contribution >= 4 is 12.0 Å². The first-order chi connectivity index (χ1) is 10.2. The summed E-state index contributed by atoms with van der Waals surface area (Å²) in [4.78, 5) is 29.1. The first-order valence-corrected chi connectivity index (χ1v) is 7.08. The summed E-state index contributed by atoms with van der Waals surface area (Å²) in [7, 11) is 2.89. The zero-order chi connectivity index (χ0) is 16.8. The normalized spacial score (nSPS) is 12.4. The number of rotatable bonds is 5. The second kappa shape index (κ2) is 7.79. The quantitative estimate of drug-likeness (QED) is 0.846. The van der Waals surface area contributed by atoms with Gasteiger partial charge in [0.15, 0.2) is 0 Å². The van der Waals surface area contributed by atoms with Gasteiger partial charge in [0.2, 0.25) is 0 Å². The van der Waals surface area contributed by atoms with Crippen molar-refractivity contribution in [3.8, 4) is 0 Å². The highest BCUT2D eigenvalue weighted by Crippen LogP contribution is 2.09. The number of carbonyl (C=O) groups excluding carboxylic acids is 2. The van der Waals surface area contributed by atoms with E-state index in [9.17, 15) is 9.59 Å². The average Bonchev–Trinajstić information content (AvgIpc) is 2.44. The van der Waals surface area contributed by atoms with Crippen LogP contribution in [-0.4, -0.2) is 42.9 Å². The van der Waals surface area contributed by atoms with E-state index in [2.05, 4.69) is 5.32 Å². The number of hydrogen-bond acceptors (Lipinski definition) is 4. The second-order valence-corrected chi connectivity index (χ2v) is 5.91. The van der Waals surface area contributed by atoms with Crippen LogP contribution < -0.4 is 5.32 Å². The van der Waals surface area contributed by atoms with Crippen molar-refractivity contribution in [2.75, 3.05) is 14.2 Å². The molecule has 0 heterocycles. The number of nitrogens with zero attached hydrogens (tertiary/aromatic N) is 1. The van der Waals surface area contributed by atoms with Gasteiger partial charge in [-0.3, -0.25) is 9.63 Å². The molecule has 6 nitrogen and oxygen atoms in total. The molecular formula is C16H24N2O4. The minimum Gasteiger partial charge on any atom is -0.444 e. The molecule has 1 atom stereocenters. The van der Waals surface area contributed by atoms with Gasteiger partial charge >= 0.3 is 6.09 Å². The van der Waals surface area contributed by atoms with E-state index in [1.54, 1.807) is 20.8 Å². The lowest BCUT2D eigenvalue weighted by Crippen LogP contribution is -2.49. The van der Waals surface area contributed by atoms with Gasteiger partial charge in [0.25, 0.3) is 5.91 Å². The summed E-state index contributed by atoms with van der Waals surface area (Å²) in [5, 5.41) is 3.69. The molecule has 0 aliphatic rings. The minimum atomic E-state index is -0.762. The Morgan fingerprint density at radius 3 is 2.32 bits per heavy atom. The predicted octanol–water partition coefficient (Wildman–Crippen LogP) is 2.14. The molecule has 1 rings (SSSR count). The molecule has 22 heavy (non-hydrogen) atoms. The molecule has 1 unspecified atom stereocenters. The zero-order valence-corrected chi connectivity index (χ0v) is 13.8. The van der Waals surface area contributed by atoms with Gasteiger partial charge in [0, 0.05) is 13.5 Å². The lowest BCUT2D eigenvalue weighted by Gasteiger charge is -2.25. The molecule has 1 aromatic carbocycles. The molecule has 0 spiro atoms. The van der Waals surface area contributed by atoms with Gasteiger partial charge in [0.05, 0.1) is 7.11 Å². The average molecular weight is 308 g/mol. The SMILES string of the molecule is CON(C)C(=O)C(Cc1ccccc1)NC(=O)OC(C)(C)C. The number of ether oxygens (including phenoxy) is 1.